The van der Waals surface area contributed by atoms with E-state index in [9.17, 15) is 4.79 Å². The van der Waals surface area contributed by atoms with Crippen LogP contribution in [0.5, 0.6) is 0 Å². The highest BCUT2D eigenvalue weighted by Crippen LogP contribution is 2.23. The van der Waals surface area contributed by atoms with Gasteiger partial charge in [0, 0.05) is 5.75 Å². The number of hydrogen-bond acceptors (Lipinski definition) is 6. The van der Waals surface area contributed by atoms with Crippen molar-refractivity contribution in [3.05, 3.63) is 5.01 Å². The largest absolute Gasteiger partial charge is 0.461 e. The highest BCUT2D eigenvalue weighted by Gasteiger charge is 2.13. The quantitative estimate of drug-likeness (QED) is 0.428. The number of rotatable bonds is 7. The summed E-state index contributed by atoms with van der Waals surface area (Å²) >= 11 is 2.96. The van der Waals surface area contributed by atoms with Crippen molar-refractivity contribution in [3.8, 4) is 0 Å². The summed E-state index contributed by atoms with van der Waals surface area (Å²) in [7, 11) is 0. The van der Waals surface area contributed by atoms with E-state index in [1.807, 2.05) is 0 Å². The Hall–Kier alpha value is -0.620. The van der Waals surface area contributed by atoms with Gasteiger partial charge in [-0.25, -0.2) is 4.79 Å². The Morgan fingerprint density at radius 2 is 2.19 bits per heavy atom. The molecule has 0 aliphatic rings. The first-order chi connectivity index (χ1) is 7.77. The molecule has 0 N–H and O–H groups in total. The summed E-state index contributed by atoms with van der Waals surface area (Å²) in [6, 6.07) is 0. The molecule has 1 heterocycles. The topological polar surface area (TPSA) is 52.1 Å². The molecule has 0 atom stereocenters. The third-order valence-electron chi connectivity index (χ3n) is 1.83. The van der Waals surface area contributed by atoms with E-state index in [0.29, 0.717) is 11.6 Å². The molecule has 4 nitrogen and oxygen atoms in total. The van der Waals surface area contributed by atoms with Crippen molar-refractivity contribution in [2.45, 2.75) is 37.4 Å². The molecule has 1 rings (SSSR count). The lowest BCUT2D eigenvalue weighted by atomic mass is 10.3. The van der Waals surface area contributed by atoms with E-state index >= 15 is 0 Å². The van der Waals surface area contributed by atoms with E-state index in [1.54, 1.807) is 18.7 Å². The van der Waals surface area contributed by atoms with Gasteiger partial charge in [0.1, 0.15) is 0 Å². The Labute approximate surface area is 104 Å². The molecule has 0 fully saturated rings. The molecule has 0 aliphatic carbocycles. The predicted molar refractivity (Wildman–Crippen MR) is 66.1 cm³/mol. The van der Waals surface area contributed by atoms with Crippen molar-refractivity contribution in [2.75, 3.05) is 12.4 Å². The molecule has 0 radical (unpaired) electrons. The molecule has 0 saturated carbocycles. The maximum absolute atomic E-state index is 11.3. The molecular formula is C10H16N2O2S2. The standard InChI is InChI=1S/C10H16N2O2S2/c1-3-5-6-7-15-10-12-11-8(16-10)9(13)14-4-2/h3-7H2,1-2H3. The fourth-order valence-corrected chi connectivity index (χ4v) is 2.87. The van der Waals surface area contributed by atoms with Crippen molar-refractivity contribution in [1.29, 1.82) is 0 Å². The van der Waals surface area contributed by atoms with E-state index in [-0.39, 0.29) is 5.97 Å². The number of ether oxygens (including phenoxy) is 1. The first-order valence-electron chi connectivity index (χ1n) is 5.41. The number of hydrogen-bond donors (Lipinski definition) is 0. The predicted octanol–water partition coefficient (Wildman–Crippen LogP) is 3.00. The van der Waals surface area contributed by atoms with Gasteiger partial charge in [0.25, 0.3) is 0 Å². The smallest absolute Gasteiger partial charge is 0.369 e. The van der Waals surface area contributed by atoms with Crippen molar-refractivity contribution in [1.82, 2.24) is 10.2 Å². The monoisotopic (exact) mass is 260 g/mol. The van der Waals surface area contributed by atoms with Gasteiger partial charge in [0.05, 0.1) is 6.61 Å². The average molecular weight is 260 g/mol. The van der Waals surface area contributed by atoms with Gasteiger partial charge in [-0.2, -0.15) is 0 Å². The first-order valence-corrected chi connectivity index (χ1v) is 7.21. The molecule has 1 aromatic rings. The van der Waals surface area contributed by atoms with Crippen LogP contribution in [0, 0.1) is 0 Å². The van der Waals surface area contributed by atoms with Crippen molar-refractivity contribution >= 4 is 29.1 Å². The number of carbonyl (C=O) groups excluding carboxylic acids is 1. The van der Waals surface area contributed by atoms with Crippen LogP contribution in [0.25, 0.3) is 0 Å². The maximum Gasteiger partial charge on any atom is 0.369 e. The van der Waals surface area contributed by atoms with Crippen molar-refractivity contribution < 1.29 is 9.53 Å². The number of carbonyl (C=O) groups is 1. The van der Waals surface area contributed by atoms with E-state index in [4.69, 9.17) is 4.74 Å². The Bertz CT molecular complexity index is 328. The molecule has 0 aromatic carbocycles. The van der Waals surface area contributed by atoms with E-state index in [0.717, 1.165) is 10.1 Å². The average Bonchev–Trinajstić information content (AvgIpc) is 2.73. The lowest BCUT2D eigenvalue weighted by Crippen LogP contribution is -2.03. The van der Waals surface area contributed by atoms with Gasteiger partial charge in [0.2, 0.25) is 5.01 Å². The molecule has 1 aromatic heterocycles. The lowest BCUT2D eigenvalue weighted by molar-refractivity contribution is 0.0525. The Balaban J connectivity index is 2.36. The lowest BCUT2D eigenvalue weighted by Gasteiger charge is -1.95. The third-order valence-corrected chi connectivity index (χ3v) is 3.95. The summed E-state index contributed by atoms with van der Waals surface area (Å²) in [5.74, 6) is 0.658. The highest BCUT2D eigenvalue weighted by atomic mass is 32.2. The number of esters is 1. The molecule has 90 valence electrons. The zero-order chi connectivity index (χ0) is 11.8. The summed E-state index contributed by atoms with van der Waals surface area (Å²) in [5.41, 5.74) is 0. The minimum atomic E-state index is -0.375. The van der Waals surface area contributed by atoms with Crippen LogP contribution in [0.2, 0.25) is 0 Å². The second-order valence-electron chi connectivity index (χ2n) is 3.15. The van der Waals surface area contributed by atoms with Crippen molar-refractivity contribution in [3.63, 3.8) is 0 Å². The second-order valence-corrected chi connectivity index (χ2v) is 5.47. The van der Waals surface area contributed by atoms with E-state index in [2.05, 4.69) is 17.1 Å². The SMILES string of the molecule is CCCCCSc1nnc(C(=O)OCC)s1. The summed E-state index contributed by atoms with van der Waals surface area (Å²) in [6.07, 6.45) is 3.62. The Morgan fingerprint density at radius 1 is 1.38 bits per heavy atom. The molecular weight excluding hydrogens is 244 g/mol. The fourth-order valence-electron chi connectivity index (χ4n) is 1.05. The van der Waals surface area contributed by atoms with Crippen LogP contribution >= 0.6 is 23.1 Å². The third kappa shape index (κ3) is 4.49. The minimum Gasteiger partial charge on any atom is -0.461 e. The van der Waals surface area contributed by atoms with E-state index in [1.165, 1.54) is 30.6 Å². The van der Waals surface area contributed by atoms with Gasteiger partial charge >= 0.3 is 5.97 Å². The van der Waals surface area contributed by atoms with Crippen LogP contribution in [-0.4, -0.2) is 28.5 Å². The number of thioether (sulfide) groups is 1. The second kappa shape index (κ2) is 7.62. The Morgan fingerprint density at radius 3 is 2.88 bits per heavy atom. The zero-order valence-corrected chi connectivity index (χ0v) is 11.2. The molecule has 0 bridgehead atoms. The van der Waals surface area contributed by atoms with Gasteiger partial charge in [0.15, 0.2) is 4.34 Å². The van der Waals surface area contributed by atoms with E-state index < -0.39 is 0 Å². The molecule has 16 heavy (non-hydrogen) atoms. The van der Waals surface area contributed by atoms with Gasteiger partial charge in [-0.3, -0.25) is 0 Å². The summed E-state index contributed by atoms with van der Waals surface area (Å²) in [4.78, 5) is 11.3. The molecule has 0 spiro atoms. The molecule has 0 amide bonds. The van der Waals surface area contributed by atoms with Crippen LogP contribution in [0.4, 0.5) is 0 Å². The molecule has 0 aliphatic heterocycles. The maximum atomic E-state index is 11.3. The van der Waals surface area contributed by atoms with Crippen LogP contribution in [-0.2, 0) is 4.74 Å². The number of nitrogens with zero attached hydrogens (tertiary/aromatic N) is 2. The van der Waals surface area contributed by atoms with Crippen molar-refractivity contribution in [2.24, 2.45) is 0 Å². The molecule has 0 saturated heterocycles. The van der Waals surface area contributed by atoms with Gasteiger partial charge in [-0.05, 0) is 13.3 Å². The first kappa shape index (κ1) is 13.4. The summed E-state index contributed by atoms with van der Waals surface area (Å²) < 4.78 is 5.69. The van der Waals surface area contributed by atoms with Crippen LogP contribution in [0.1, 0.15) is 42.9 Å². The minimum absolute atomic E-state index is 0.347. The van der Waals surface area contributed by atoms with Gasteiger partial charge in [-0.15, -0.1) is 10.2 Å². The van der Waals surface area contributed by atoms with Crippen LogP contribution < -0.4 is 0 Å². The highest BCUT2D eigenvalue weighted by molar-refractivity contribution is 8.01. The fraction of sp³-hybridized carbons (Fsp3) is 0.700. The normalized spacial score (nSPS) is 10.4. The molecule has 6 heteroatoms. The zero-order valence-electron chi connectivity index (χ0n) is 9.56. The number of unbranched alkanes of at least 4 members (excludes halogenated alkanes) is 2. The molecule has 0 unspecified atom stereocenters. The summed E-state index contributed by atoms with van der Waals surface area (Å²) in [6.45, 7) is 4.32. The van der Waals surface area contributed by atoms with Crippen LogP contribution in [0.3, 0.4) is 0 Å². The summed E-state index contributed by atoms with van der Waals surface area (Å²) in [5, 5.41) is 8.10. The van der Waals surface area contributed by atoms with Gasteiger partial charge < -0.3 is 4.74 Å². The van der Waals surface area contributed by atoms with Crippen LogP contribution in [0.15, 0.2) is 4.34 Å². The Kier molecular flexibility index (Phi) is 6.40. The van der Waals surface area contributed by atoms with Gasteiger partial charge in [-0.1, -0.05) is 42.9 Å². The number of aromatic nitrogens is 2.